The Bertz CT molecular complexity index is 289. The van der Waals surface area contributed by atoms with Crippen LogP contribution in [0.2, 0.25) is 0 Å². The van der Waals surface area contributed by atoms with Crippen molar-refractivity contribution >= 4 is 0 Å². The molecule has 0 aliphatic carbocycles. The lowest BCUT2D eigenvalue weighted by Crippen LogP contribution is -2.18. The van der Waals surface area contributed by atoms with Crippen LogP contribution in [0.25, 0.3) is 0 Å². The second-order valence-corrected chi connectivity index (χ2v) is 3.81. The maximum absolute atomic E-state index is 9.19. The van der Waals surface area contributed by atoms with Crippen molar-refractivity contribution in [3.05, 3.63) is 0 Å². The van der Waals surface area contributed by atoms with Crippen LogP contribution in [0.15, 0.2) is 0 Å². The molecule has 0 amide bonds. The van der Waals surface area contributed by atoms with E-state index in [4.69, 9.17) is 10.5 Å². The summed E-state index contributed by atoms with van der Waals surface area (Å²) in [5.41, 5.74) is -0.374. The number of unbranched alkanes of at least 4 members (excludes halogenated alkanes) is 1. The van der Waals surface area contributed by atoms with Crippen molar-refractivity contribution in [2.45, 2.75) is 51.9 Å². The topological polar surface area (TPSA) is 71.4 Å². The first-order valence-electron chi connectivity index (χ1n) is 5.40. The molecule has 0 heterocycles. The van der Waals surface area contributed by atoms with Crippen LogP contribution in [0.4, 0.5) is 0 Å². The molecule has 0 radical (unpaired) electrons. The van der Waals surface area contributed by atoms with Crippen molar-refractivity contribution < 1.29 is 0 Å². The third-order valence-electron chi connectivity index (χ3n) is 2.62. The molecule has 0 aromatic carbocycles. The van der Waals surface area contributed by atoms with Gasteiger partial charge in [-0.25, -0.2) is 0 Å². The third kappa shape index (κ3) is 5.04. The predicted octanol–water partition coefficient (Wildman–Crippen LogP) is 3.29. The Morgan fingerprint density at radius 3 is 2.07 bits per heavy atom. The van der Waals surface area contributed by atoms with E-state index in [2.05, 4.69) is 18.2 Å². The van der Waals surface area contributed by atoms with E-state index in [0.717, 1.165) is 25.7 Å². The molecule has 1 unspecified atom stereocenters. The van der Waals surface area contributed by atoms with Gasteiger partial charge in [0.1, 0.15) is 0 Å². The normalized spacial score (nSPS) is 13.2. The number of nitriles is 3. The maximum Gasteiger partial charge on any atom is 0.0690 e. The lowest BCUT2D eigenvalue weighted by Gasteiger charge is -2.24. The molecule has 0 aliphatic rings. The highest BCUT2D eigenvalue weighted by molar-refractivity contribution is 5.00. The fourth-order valence-corrected chi connectivity index (χ4v) is 1.82. The van der Waals surface area contributed by atoms with Crippen molar-refractivity contribution in [3.63, 3.8) is 0 Å². The monoisotopic (exact) mass is 203 g/mol. The summed E-state index contributed by atoms with van der Waals surface area (Å²) < 4.78 is 0. The summed E-state index contributed by atoms with van der Waals surface area (Å²) in [4.78, 5) is 0. The summed E-state index contributed by atoms with van der Waals surface area (Å²) in [5, 5.41) is 26.2. The molecular weight excluding hydrogens is 186 g/mol. The van der Waals surface area contributed by atoms with Gasteiger partial charge in [0.15, 0.2) is 0 Å². The summed E-state index contributed by atoms with van der Waals surface area (Å²) in [6.07, 6.45) is 4.85. The molecule has 0 aliphatic heterocycles. The van der Waals surface area contributed by atoms with Crippen LogP contribution >= 0.6 is 0 Å². The van der Waals surface area contributed by atoms with E-state index < -0.39 is 0 Å². The van der Waals surface area contributed by atoms with Gasteiger partial charge >= 0.3 is 0 Å². The molecule has 0 bridgehead atoms. The molecule has 0 saturated carbocycles. The summed E-state index contributed by atoms with van der Waals surface area (Å²) in [5.74, 6) is 0. The highest BCUT2D eigenvalue weighted by atomic mass is 14.4. The second-order valence-electron chi connectivity index (χ2n) is 3.81. The summed E-state index contributed by atoms with van der Waals surface area (Å²) in [6, 6.07) is 6.53. The molecule has 3 heteroatoms. The third-order valence-corrected chi connectivity index (χ3v) is 2.62. The molecule has 3 nitrogen and oxygen atoms in total. The molecule has 0 aromatic heterocycles. The van der Waals surface area contributed by atoms with Crippen LogP contribution < -0.4 is 0 Å². The molecule has 0 saturated heterocycles. The van der Waals surface area contributed by atoms with E-state index in [-0.39, 0.29) is 5.41 Å². The fourth-order valence-electron chi connectivity index (χ4n) is 1.82. The molecule has 1 atom stereocenters. The van der Waals surface area contributed by atoms with Crippen LogP contribution in [0.3, 0.4) is 0 Å². The Balaban J connectivity index is 4.33. The smallest absolute Gasteiger partial charge is 0.0690 e. The van der Waals surface area contributed by atoms with E-state index in [1.165, 1.54) is 0 Å². The first kappa shape index (κ1) is 13.5. The van der Waals surface area contributed by atoms with E-state index in [1.54, 1.807) is 0 Å². The van der Waals surface area contributed by atoms with E-state index >= 15 is 0 Å². The molecule has 80 valence electrons. The van der Waals surface area contributed by atoms with Gasteiger partial charge in [-0.05, 0) is 25.7 Å². The van der Waals surface area contributed by atoms with Gasteiger partial charge in [0.05, 0.1) is 23.6 Å². The molecule has 0 N–H and O–H groups in total. The van der Waals surface area contributed by atoms with Crippen molar-refractivity contribution in [1.29, 1.82) is 15.8 Å². The molecular formula is C12H17N3. The SMILES string of the molecule is CCCC(C#N)(CCC#N)CCCC#N. The van der Waals surface area contributed by atoms with Crippen LogP contribution in [0, 0.1) is 39.4 Å². The van der Waals surface area contributed by atoms with Gasteiger partial charge in [0.25, 0.3) is 0 Å². The quantitative estimate of drug-likeness (QED) is 0.596. The van der Waals surface area contributed by atoms with Gasteiger partial charge in [0, 0.05) is 12.8 Å². The van der Waals surface area contributed by atoms with Crippen LogP contribution in [0.5, 0.6) is 0 Å². The number of hydrogen-bond acceptors (Lipinski definition) is 3. The second kappa shape index (κ2) is 7.84. The summed E-state index contributed by atoms with van der Waals surface area (Å²) >= 11 is 0. The summed E-state index contributed by atoms with van der Waals surface area (Å²) in [6.45, 7) is 2.04. The minimum Gasteiger partial charge on any atom is -0.198 e. The standard InChI is InChI=1S/C12H17N3/c1-2-6-12(11-15,8-5-10-14)7-3-4-9-13/h2-8H2,1H3. The largest absolute Gasteiger partial charge is 0.198 e. The van der Waals surface area contributed by atoms with Crippen molar-refractivity contribution in [3.8, 4) is 18.2 Å². The van der Waals surface area contributed by atoms with Gasteiger partial charge in [0.2, 0.25) is 0 Å². The van der Waals surface area contributed by atoms with Crippen molar-refractivity contribution in [1.82, 2.24) is 0 Å². The first-order chi connectivity index (χ1) is 7.24. The van der Waals surface area contributed by atoms with Crippen LogP contribution in [-0.2, 0) is 0 Å². The van der Waals surface area contributed by atoms with Gasteiger partial charge in [-0.15, -0.1) is 0 Å². The molecule has 0 spiro atoms. The Labute approximate surface area is 91.9 Å². The van der Waals surface area contributed by atoms with Crippen LogP contribution in [0.1, 0.15) is 51.9 Å². The highest BCUT2D eigenvalue weighted by Gasteiger charge is 2.27. The summed E-state index contributed by atoms with van der Waals surface area (Å²) in [7, 11) is 0. The van der Waals surface area contributed by atoms with Gasteiger partial charge in [-0.1, -0.05) is 13.3 Å². The fraction of sp³-hybridized carbons (Fsp3) is 0.750. The van der Waals surface area contributed by atoms with E-state index in [0.29, 0.717) is 19.3 Å². The minimum atomic E-state index is -0.374. The predicted molar refractivity (Wildman–Crippen MR) is 57.3 cm³/mol. The lowest BCUT2D eigenvalue weighted by atomic mass is 9.76. The first-order valence-corrected chi connectivity index (χ1v) is 5.40. The average molecular weight is 203 g/mol. The average Bonchev–Trinajstić information content (AvgIpc) is 2.26. The number of hydrogen-bond donors (Lipinski definition) is 0. The van der Waals surface area contributed by atoms with Crippen molar-refractivity contribution in [2.75, 3.05) is 0 Å². The van der Waals surface area contributed by atoms with Gasteiger partial charge < -0.3 is 0 Å². The highest BCUT2D eigenvalue weighted by Crippen LogP contribution is 2.34. The Kier molecular flexibility index (Phi) is 7.04. The van der Waals surface area contributed by atoms with Crippen LogP contribution in [-0.4, -0.2) is 0 Å². The van der Waals surface area contributed by atoms with Gasteiger partial charge in [-0.2, -0.15) is 15.8 Å². The Hall–Kier alpha value is -1.53. The zero-order valence-corrected chi connectivity index (χ0v) is 9.29. The van der Waals surface area contributed by atoms with E-state index in [9.17, 15) is 5.26 Å². The van der Waals surface area contributed by atoms with E-state index in [1.807, 2.05) is 6.92 Å². The zero-order valence-electron chi connectivity index (χ0n) is 9.29. The van der Waals surface area contributed by atoms with Crippen molar-refractivity contribution in [2.24, 2.45) is 5.41 Å². The molecule has 15 heavy (non-hydrogen) atoms. The molecule has 0 rings (SSSR count). The number of rotatable bonds is 7. The Morgan fingerprint density at radius 1 is 0.933 bits per heavy atom. The Morgan fingerprint density at radius 2 is 1.60 bits per heavy atom. The lowest BCUT2D eigenvalue weighted by molar-refractivity contribution is 0.303. The maximum atomic E-state index is 9.19. The minimum absolute atomic E-state index is 0.374. The molecule has 0 fully saturated rings. The van der Waals surface area contributed by atoms with Gasteiger partial charge in [-0.3, -0.25) is 0 Å². The zero-order chi connectivity index (χ0) is 11.6. The molecule has 0 aromatic rings. The number of nitrogens with zero attached hydrogens (tertiary/aromatic N) is 3.